The molecule has 0 saturated carbocycles. The van der Waals surface area contributed by atoms with E-state index in [1.165, 1.54) is 15.9 Å². The summed E-state index contributed by atoms with van der Waals surface area (Å²) >= 11 is 0. The molecule has 1 unspecified atom stereocenters. The van der Waals surface area contributed by atoms with Gasteiger partial charge in [0, 0.05) is 50.7 Å². The molecule has 4 rings (SSSR count). The summed E-state index contributed by atoms with van der Waals surface area (Å²) < 4.78 is 23.9. The maximum absolute atomic E-state index is 12.2. The topological polar surface area (TPSA) is 74.2 Å². The first-order valence-corrected chi connectivity index (χ1v) is 17.9. The van der Waals surface area contributed by atoms with Crippen LogP contribution >= 0.6 is 0 Å². The van der Waals surface area contributed by atoms with Gasteiger partial charge in [-0.25, -0.2) is 4.79 Å². The third-order valence-corrected chi connectivity index (χ3v) is 12.7. The number of carbonyl (C=O) groups excluding carboxylic acids is 1. The smallest absolute Gasteiger partial charge is 0.338 e. The summed E-state index contributed by atoms with van der Waals surface area (Å²) in [5, 5.41) is 12.9. The molecule has 0 aliphatic rings. The van der Waals surface area contributed by atoms with E-state index >= 15 is 0 Å². The Morgan fingerprint density at radius 3 is 1.62 bits per heavy atom. The average molecular weight is 868 g/mol. The van der Waals surface area contributed by atoms with Crippen molar-refractivity contribution >= 4 is 24.7 Å². The Balaban J connectivity index is 0.00000600. The number of ether oxygens (including phenoxy) is 3. The molecule has 0 aliphatic heterocycles. The molecule has 47 heavy (non-hydrogen) atoms. The van der Waals surface area contributed by atoms with Crippen LogP contribution in [0.3, 0.4) is 0 Å². The summed E-state index contributed by atoms with van der Waals surface area (Å²) in [5.74, 6) is 0.852. The molecule has 0 spiro atoms. The minimum Gasteiger partial charge on any atom is -0.491 e. The molecule has 1 N–H and O–H groups in total. The molecule has 0 aliphatic carbocycles. The molecular formula is C39H48AcO6Si. The molecule has 1 radical (unpaired) electrons. The normalized spacial score (nSPS) is 12.5. The molecule has 0 amide bonds. The third-order valence-electron chi connectivity index (χ3n) is 7.64. The van der Waals surface area contributed by atoms with Crippen LogP contribution in [0.15, 0.2) is 109 Å². The van der Waals surface area contributed by atoms with Crippen molar-refractivity contribution in [1.29, 1.82) is 0 Å². The molecule has 0 fully saturated rings. The molecule has 1 atom stereocenters. The number of aliphatic hydroxyl groups excluding tert-OH is 1. The molecule has 0 heterocycles. The fourth-order valence-corrected chi connectivity index (χ4v) is 10.1. The number of hydrogen-bond acceptors (Lipinski definition) is 6. The molecule has 4 aromatic rings. The first-order chi connectivity index (χ1) is 21.9. The van der Waals surface area contributed by atoms with Crippen molar-refractivity contribution in [2.24, 2.45) is 0 Å². The molecule has 4 aromatic carbocycles. The first-order valence-electron chi connectivity index (χ1n) is 16.0. The number of aliphatic hydroxyl groups is 1. The van der Waals surface area contributed by atoms with E-state index in [9.17, 15) is 9.90 Å². The van der Waals surface area contributed by atoms with Crippen LogP contribution in [-0.4, -0.2) is 50.9 Å². The standard InChI is InChI=1S/C39H48O6Si.Ac/c1-38(2,3)45-37(41)31-21-25-34(26-22-31)43-29-32(40)28-42-33-23-19-30(20-24-33)14-13-27-44-46(39(4,5)6,35-15-9-7-10-16-35)36-17-11-8-12-18-36;/h7-12,15-26,32,40H,13-14,27-29H2,1-6H3;. The van der Waals surface area contributed by atoms with E-state index in [1.54, 1.807) is 24.3 Å². The zero-order valence-corrected chi connectivity index (χ0v) is 34.3. The monoisotopic (exact) mass is 867 g/mol. The predicted octanol–water partition coefficient (Wildman–Crippen LogP) is 6.97. The largest absolute Gasteiger partial charge is 0.491 e. The van der Waals surface area contributed by atoms with Gasteiger partial charge in [0.1, 0.15) is 36.4 Å². The van der Waals surface area contributed by atoms with Crippen LogP contribution in [0.25, 0.3) is 0 Å². The summed E-state index contributed by atoms with van der Waals surface area (Å²) in [7, 11) is -2.53. The fraction of sp³-hybridized carbons (Fsp3) is 0.359. The predicted molar refractivity (Wildman–Crippen MR) is 187 cm³/mol. The Bertz CT molecular complexity index is 1460. The van der Waals surface area contributed by atoms with Gasteiger partial charge in [0.05, 0.1) is 5.56 Å². The van der Waals surface area contributed by atoms with Crippen molar-refractivity contribution in [3.8, 4) is 11.5 Å². The third kappa shape index (κ3) is 11.3. The first kappa shape index (κ1) is 39.0. The molecule has 0 bridgehead atoms. The summed E-state index contributed by atoms with van der Waals surface area (Å²) in [6.45, 7) is 13.2. The average Bonchev–Trinajstić information content (AvgIpc) is 3.03. The molecule has 0 saturated heterocycles. The van der Waals surface area contributed by atoms with Crippen LogP contribution < -0.4 is 19.8 Å². The van der Waals surface area contributed by atoms with Crippen molar-refractivity contribution in [1.82, 2.24) is 0 Å². The van der Waals surface area contributed by atoms with Crippen molar-refractivity contribution < 1.29 is 72.6 Å². The second kappa shape index (κ2) is 17.8. The number of esters is 1. The van der Waals surface area contributed by atoms with Gasteiger partial charge in [0.25, 0.3) is 8.32 Å². The Labute approximate surface area is 317 Å². The summed E-state index contributed by atoms with van der Waals surface area (Å²) in [6.07, 6.45) is 0.977. The molecule has 247 valence electrons. The van der Waals surface area contributed by atoms with Gasteiger partial charge in [0.15, 0.2) is 0 Å². The van der Waals surface area contributed by atoms with Gasteiger partial charge in [-0.15, -0.1) is 0 Å². The zero-order valence-electron chi connectivity index (χ0n) is 28.6. The second-order valence-corrected chi connectivity index (χ2v) is 17.9. The van der Waals surface area contributed by atoms with Gasteiger partial charge in [-0.05, 0) is 91.0 Å². The van der Waals surface area contributed by atoms with Gasteiger partial charge < -0.3 is 23.7 Å². The van der Waals surface area contributed by atoms with E-state index in [2.05, 4.69) is 93.6 Å². The van der Waals surface area contributed by atoms with Gasteiger partial charge in [-0.2, -0.15) is 0 Å². The van der Waals surface area contributed by atoms with E-state index in [-0.39, 0.29) is 68.3 Å². The van der Waals surface area contributed by atoms with Crippen molar-refractivity contribution in [3.63, 3.8) is 0 Å². The second-order valence-electron chi connectivity index (χ2n) is 13.6. The minimum absolute atomic E-state index is 0. The Kier molecular flexibility index (Phi) is 14.7. The zero-order chi connectivity index (χ0) is 33.2. The van der Waals surface area contributed by atoms with E-state index < -0.39 is 20.0 Å². The fourth-order valence-electron chi connectivity index (χ4n) is 5.47. The quantitative estimate of drug-likeness (QED) is 0.0840. The Morgan fingerprint density at radius 1 is 0.702 bits per heavy atom. The summed E-state index contributed by atoms with van der Waals surface area (Å²) in [4.78, 5) is 12.2. The van der Waals surface area contributed by atoms with E-state index in [1.807, 2.05) is 32.9 Å². The van der Waals surface area contributed by atoms with Gasteiger partial charge >= 0.3 is 5.97 Å². The molecular weight excluding hydrogens is 820 g/mol. The maximum atomic E-state index is 12.2. The number of carbonyl (C=O) groups is 1. The summed E-state index contributed by atoms with van der Waals surface area (Å²) in [5.41, 5.74) is 1.09. The minimum atomic E-state index is -2.53. The van der Waals surface area contributed by atoms with Gasteiger partial charge in [-0.1, -0.05) is 93.6 Å². The van der Waals surface area contributed by atoms with Crippen LogP contribution in [0, 0.1) is 44.1 Å². The van der Waals surface area contributed by atoms with Crippen molar-refractivity contribution in [3.05, 3.63) is 120 Å². The SMILES string of the molecule is CC(C)(C)OC(=O)c1ccc(OCC(O)COc2ccc(CCCO[Si](c3ccccc3)(c3ccccc3)C(C)(C)C)cc2)cc1.[Ac]. The van der Waals surface area contributed by atoms with Crippen molar-refractivity contribution in [2.45, 2.75) is 71.1 Å². The van der Waals surface area contributed by atoms with Crippen LogP contribution in [0.5, 0.6) is 11.5 Å². The number of hydrogen-bond donors (Lipinski definition) is 1. The maximum Gasteiger partial charge on any atom is 0.338 e. The van der Waals surface area contributed by atoms with Crippen molar-refractivity contribution in [2.75, 3.05) is 19.8 Å². The number of benzene rings is 4. The Morgan fingerprint density at radius 2 is 1.17 bits per heavy atom. The molecule has 8 heteroatoms. The van der Waals surface area contributed by atoms with Crippen LogP contribution in [-0.2, 0) is 15.6 Å². The van der Waals surface area contributed by atoms with Crippen LogP contribution in [0.2, 0.25) is 5.04 Å². The van der Waals surface area contributed by atoms with Crippen LogP contribution in [0.1, 0.15) is 63.9 Å². The van der Waals surface area contributed by atoms with Gasteiger partial charge in [-0.3, -0.25) is 0 Å². The Hall–Kier alpha value is -2.47. The van der Waals surface area contributed by atoms with E-state index in [0.29, 0.717) is 23.7 Å². The summed E-state index contributed by atoms with van der Waals surface area (Å²) in [6, 6.07) is 36.1. The molecule has 0 aromatic heterocycles. The number of aryl methyl sites for hydroxylation is 1. The van der Waals surface area contributed by atoms with E-state index in [4.69, 9.17) is 18.6 Å². The van der Waals surface area contributed by atoms with E-state index in [0.717, 1.165) is 12.8 Å². The van der Waals surface area contributed by atoms with Gasteiger partial charge in [0.2, 0.25) is 0 Å². The number of rotatable bonds is 14. The molecule has 6 nitrogen and oxygen atoms in total. The van der Waals surface area contributed by atoms with Crippen LogP contribution in [0.4, 0.5) is 0 Å².